The number of rotatable bonds is 3. The minimum Gasteiger partial charge on any atom is -0.393 e. The Hall–Kier alpha value is -0.830. The molecule has 0 aliphatic carbocycles. The molecule has 0 saturated carbocycles. The van der Waals surface area contributed by atoms with Gasteiger partial charge in [0.1, 0.15) is 0 Å². The van der Waals surface area contributed by atoms with Gasteiger partial charge < -0.3 is 5.11 Å². The van der Waals surface area contributed by atoms with Crippen LogP contribution in [0, 0.1) is 0 Å². The highest BCUT2D eigenvalue weighted by Gasteiger charge is 2.18. The van der Waals surface area contributed by atoms with Gasteiger partial charge in [-0.05, 0) is 25.8 Å². The summed E-state index contributed by atoms with van der Waals surface area (Å²) in [5.74, 6) is 0. The molecule has 0 amide bonds. The third kappa shape index (κ3) is 3.34. The van der Waals surface area contributed by atoms with E-state index in [9.17, 15) is 5.11 Å². The predicted octanol–water partition coefficient (Wildman–Crippen LogP) is 2.03. The SMILES string of the molecule is C[C@H](O)CCc1cc(C(C)(C)C)nn1C. The maximum Gasteiger partial charge on any atom is 0.0680 e. The molecule has 0 fully saturated rings. The highest BCUT2D eigenvalue weighted by atomic mass is 16.3. The number of aryl methyl sites for hydroxylation is 2. The van der Waals surface area contributed by atoms with Crippen molar-refractivity contribution in [2.75, 3.05) is 0 Å². The molecule has 1 aromatic rings. The number of nitrogens with zero attached hydrogens (tertiary/aromatic N) is 2. The first-order valence-corrected chi connectivity index (χ1v) is 5.52. The second-order valence-electron chi connectivity index (χ2n) is 5.28. The van der Waals surface area contributed by atoms with Crippen LogP contribution in [0.2, 0.25) is 0 Å². The summed E-state index contributed by atoms with van der Waals surface area (Å²) in [6.45, 7) is 8.30. The van der Waals surface area contributed by atoms with E-state index in [1.54, 1.807) is 0 Å². The topological polar surface area (TPSA) is 38.1 Å². The summed E-state index contributed by atoms with van der Waals surface area (Å²) in [5.41, 5.74) is 2.41. The van der Waals surface area contributed by atoms with Crippen LogP contribution in [0.4, 0.5) is 0 Å². The molecule has 86 valence electrons. The minimum absolute atomic E-state index is 0.0981. The average molecular weight is 210 g/mol. The number of aromatic nitrogens is 2. The van der Waals surface area contributed by atoms with E-state index < -0.39 is 0 Å². The fraction of sp³-hybridized carbons (Fsp3) is 0.750. The summed E-state index contributed by atoms with van der Waals surface area (Å²) >= 11 is 0. The van der Waals surface area contributed by atoms with E-state index >= 15 is 0 Å². The van der Waals surface area contributed by atoms with Crippen molar-refractivity contribution in [2.24, 2.45) is 7.05 Å². The van der Waals surface area contributed by atoms with Gasteiger partial charge in [-0.3, -0.25) is 4.68 Å². The van der Waals surface area contributed by atoms with E-state index in [1.807, 2.05) is 18.7 Å². The van der Waals surface area contributed by atoms with Gasteiger partial charge in [-0.2, -0.15) is 5.10 Å². The van der Waals surface area contributed by atoms with E-state index in [-0.39, 0.29) is 11.5 Å². The molecule has 3 heteroatoms. The lowest BCUT2D eigenvalue weighted by Gasteiger charge is -2.13. The van der Waals surface area contributed by atoms with Crippen molar-refractivity contribution in [1.29, 1.82) is 0 Å². The van der Waals surface area contributed by atoms with Gasteiger partial charge in [-0.25, -0.2) is 0 Å². The van der Waals surface area contributed by atoms with Gasteiger partial charge in [0.2, 0.25) is 0 Å². The second-order valence-corrected chi connectivity index (χ2v) is 5.28. The highest BCUT2D eigenvalue weighted by Crippen LogP contribution is 2.21. The Morgan fingerprint density at radius 2 is 2.07 bits per heavy atom. The lowest BCUT2D eigenvalue weighted by atomic mass is 9.92. The summed E-state index contributed by atoms with van der Waals surface area (Å²) in [7, 11) is 1.96. The van der Waals surface area contributed by atoms with Crippen LogP contribution in [-0.2, 0) is 18.9 Å². The number of aliphatic hydroxyl groups excluding tert-OH is 1. The standard InChI is InChI=1S/C12H22N2O/c1-9(15)6-7-10-8-11(12(2,3)4)13-14(10)5/h8-9,15H,6-7H2,1-5H3/t9-/m0/s1. The third-order valence-electron chi connectivity index (χ3n) is 2.56. The molecule has 1 aromatic heterocycles. The lowest BCUT2D eigenvalue weighted by molar-refractivity contribution is 0.184. The second kappa shape index (κ2) is 4.35. The number of hydrogen-bond donors (Lipinski definition) is 1. The van der Waals surface area contributed by atoms with Gasteiger partial charge in [-0.1, -0.05) is 20.8 Å². The molecule has 1 atom stereocenters. The van der Waals surface area contributed by atoms with Crippen molar-refractivity contribution in [1.82, 2.24) is 9.78 Å². The van der Waals surface area contributed by atoms with Crippen molar-refractivity contribution < 1.29 is 5.11 Å². The fourth-order valence-corrected chi connectivity index (χ4v) is 1.46. The van der Waals surface area contributed by atoms with Gasteiger partial charge >= 0.3 is 0 Å². The quantitative estimate of drug-likeness (QED) is 0.829. The van der Waals surface area contributed by atoms with E-state index in [0.29, 0.717) is 0 Å². The van der Waals surface area contributed by atoms with Crippen LogP contribution < -0.4 is 0 Å². The highest BCUT2D eigenvalue weighted by molar-refractivity contribution is 5.17. The van der Waals surface area contributed by atoms with Crippen molar-refractivity contribution in [3.63, 3.8) is 0 Å². The molecule has 3 nitrogen and oxygen atoms in total. The Kier molecular flexibility index (Phi) is 3.55. The predicted molar refractivity (Wildman–Crippen MR) is 61.9 cm³/mol. The first kappa shape index (κ1) is 12.2. The zero-order valence-electron chi connectivity index (χ0n) is 10.4. The molecule has 0 radical (unpaired) electrons. The summed E-state index contributed by atoms with van der Waals surface area (Å²) < 4.78 is 1.92. The lowest BCUT2D eigenvalue weighted by Crippen LogP contribution is -2.12. The summed E-state index contributed by atoms with van der Waals surface area (Å²) in [6, 6.07) is 2.14. The normalized spacial score (nSPS) is 14.3. The Balaban J connectivity index is 2.78. The maximum absolute atomic E-state index is 9.24. The van der Waals surface area contributed by atoms with Crippen molar-refractivity contribution >= 4 is 0 Å². The van der Waals surface area contributed by atoms with Crippen molar-refractivity contribution in [3.05, 3.63) is 17.5 Å². The largest absolute Gasteiger partial charge is 0.393 e. The Morgan fingerprint density at radius 1 is 1.47 bits per heavy atom. The minimum atomic E-state index is -0.238. The van der Waals surface area contributed by atoms with Crippen molar-refractivity contribution in [3.8, 4) is 0 Å². The van der Waals surface area contributed by atoms with Crippen molar-refractivity contribution in [2.45, 2.75) is 52.1 Å². The van der Waals surface area contributed by atoms with E-state index in [4.69, 9.17) is 0 Å². The van der Waals surface area contributed by atoms with E-state index in [1.165, 1.54) is 5.69 Å². The smallest absolute Gasteiger partial charge is 0.0680 e. The van der Waals surface area contributed by atoms with E-state index in [2.05, 4.69) is 31.9 Å². The van der Waals surface area contributed by atoms with Crippen LogP contribution in [0.15, 0.2) is 6.07 Å². The molecule has 0 aliphatic rings. The molecular weight excluding hydrogens is 188 g/mol. The van der Waals surface area contributed by atoms with Gasteiger partial charge in [0.25, 0.3) is 0 Å². The molecule has 15 heavy (non-hydrogen) atoms. The van der Waals surface area contributed by atoms with Crippen LogP contribution in [0.1, 0.15) is 45.5 Å². The number of hydrogen-bond acceptors (Lipinski definition) is 2. The molecule has 1 heterocycles. The monoisotopic (exact) mass is 210 g/mol. The fourth-order valence-electron chi connectivity index (χ4n) is 1.46. The van der Waals surface area contributed by atoms with E-state index in [0.717, 1.165) is 18.5 Å². The Bertz CT molecular complexity index is 321. The maximum atomic E-state index is 9.24. The zero-order chi connectivity index (χ0) is 11.6. The van der Waals surface area contributed by atoms with Gasteiger partial charge in [0, 0.05) is 18.2 Å². The number of aliphatic hydroxyl groups is 1. The Labute approximate surface area is 92.1 Å². The van der Waals surface area contributed by atoms with Gasteiger partial charge in [-0.15, -0.1) is 0 Å². The first-order chi connectivity index (χ1) is 6.80. The third-order valence-corrected chi connectivity index (χ3v) is 2.56. The molecule has 0 bridgehead atoms. The van der Waals surface area contributed by atoms with Crippen LogP contribution in [0.25, 0.3) is 0 Å². The van der Waals surface area contributed by atoms with Gasteiger partial charge in [0.15, 0.2) is 0 Å². The molecule has 0 aliphatic heterocycles. The van der Waals surface area contributed by atoms with Gasteiger partial charge in [0.05, 0.1) is 11.8 Å². The molecule has 0 saturated heterocycles. The van der Waals surface area contributed by atoms with Crippen LogP contribution in [0.5, 0.6) is 0 Å². The average Bonchev–Trinajstić information content (AvgIpc) is 2.42. The van der Waals surface area contributed by atoms with Crippen LogP contribution >= 0.6 is 0 Å². The molecular formula is C12H22N2O. The molecule has 0 aromatic carbocycles. The summed E-state index contributed by atoms with van der Waals surface area (Å²) in [5, 5.41) is 13.7. The summed E-state index contributed by atoms with van der Waals surface area (Å²) in [6.07, 6.45) is 1.44. The summed E-state index contributed by atoms with van der Waals surface area (Å²) in [4.78, 5) is 0. The Morgan fingerprint density at radius 3 is 2.47 bits per heavy atom. The first-order valence-electron chi connectivity index (χ1n) is 5.52. The van der Waals surface area contributed by atoms with Crippen LogP contribution in [-0.4, -0.2) is 21.0 Å². The zero-order valence-corrected chi connectivity index (χ0v) is 10.4. The molecule has 0 unspecified atom stereocenters. The molecule has 1 N–H and O–H groups in total. The molecule has 1 rings (SSSR count). The molecule has 0 spiro atoms. The van der Waals surface area contributed by atoms with Crippen LogP contribution in [0.3, 0.4) is 0 Å².